The maximum Gasteiger partial charge on any atom is 0.273 e. The molecule has 0 aliphatic carbocycles. The monoisotopic (exact) mass is 476 g/mol. The third-order valence-electron chi connectivity index (χ3n) is 6.18. The number of aromatic nitrogens is 2. The van der Waals surface area contributed by atoms with Crippen LogP contribution < -0.4 is 15.8 Å². The first-order chi connectivity index (χ1) is 16.6. The minimum atomic E-state index is -0.316. The van der Waals surface area contributed by atoms with Crippen LogP contribution in [0.5, 0.6) is 0 Å². The molecule has 2 aromatic carbocycles. The Balaban J connectivity index is 1.40. The predicted octanol–water partition coefficient (Wildman–Crippen LogP) is 4.18. The van der Waals surface area contributed by atoms with Crippen LogP contribution in [-0.2, 0) is 17.9 Å². The van der Waals surface area contributed by atoms with Crippen LogP contribution in [-0.4, -0.2) is 28.5 Å². The standard InChI is InChI=1S/C26H25FN4O2S/c27-21-10-8-19(9-11-21)16-31-25(33)23-22(12-14-34-23)29-26(31)30-13-4-7-20(17-30)24(32)28-15-18-5-2-1-3-6-18/h1-3,5-6,8-12,14,20H,4,7,13,15-17H2,(H,28,32)/t20-/m1/s1. The molecule has 1 N–H and O–H groups in total. The van der Waals surface area contributed by atoms with Gasteiger partial charge >= 0.3 is 0 Å². The Bertz CT molecular complexity index is 1350. The van der Waals surface area contributed by atoms with Crippen molar-refractivity contribution >= 4 is 33.4 Å². The highest BCUT2D eigenvalue weighted by Gasteiger charge is 2.28. The molecule has 1 aliphatic heterocycles. The van der Waals surface area contributed by atoms with Crippen molar-refractivity contribution in [2.24, 2.45) is 5.92 Å². The molecular formula is C26H25FN4O2S. The van der Waals surface area contributed by atoms with Crippen molar-refractivity contribution in [2.45, 2.75) is 25.9 Å². The van der Waals surface area contributed by atoms with Crippen LogP contribution in [0, 0.1) is 11.7 Å². The summed E-state index contributed by atoms with van der Waals surface area (Å²) in [6, 6.07) is 17.8. The van der Waals surface area contributed by atoms with E-state index in [0.717, 1.165) is 24.0 Å². The summed E-state index contributed by atoms with van der Waals surface area (Å²) in [4.78, 5) is 33.1. The maximum absolute atomic E-state index is 13.4. The Labute approximate surface area is 200 Å². The topological polar surface area (TPSA) is 67.2 Å². The molecule has 0 unspecified atom stereocenters. The van der Waals surface area contributed by atoms with E-state index in [0.29, 0.717) is 35.8 Å². The highest BCUT2D eigenvalue weighted by atomic mass is 32.1. The van der Waals surface area contributed by atoms with Crippen LogP contribution in [0.15, 0.2) is 70.8 Å². The van der Waals surface area contributed by atoms with E-state index in [-0.39, 0.29) is 29.7 Å². The van der Waals surface area contributed by atoms with Crippen molar-refractivity contribution in [2.75, 3.05) is 18.0 Å². The molecule has 5 rings (SSSR count). The lowest BCUT2D eigenvalue weighted by Gasteiger charge is -2.34. The van der Waals surface area contributed by atoms with Gasteiger partial charge in [-0.15, -0.1) is 11.3 Å². The third kappa shape index (κ3) is 4.72. The van der Waals surface area contributed by atoms with Crippen molar-refractivity contribution in [1.82, 2.24) is 14.9 Å². The minimum absolute atomic E-state index is 0.0117. The fraction of sp³-hybridized carbons (Fsp3) is 0.269. The van der Waals surface area contributed by atoms with E-state index >= 15 is 0 Å². The van der Waals surface area contributed by atoms with Gasteiger partial charge in [0.05, 0.1) is 18.0 Å². The summed E-state index contributed by atoms with van der Waals surface area (Å²) < 4.78 is 15.7. The van der Waals surface area contributed by atoms with Gasteiger partial charge in [0.1, 0.15) is 10.5 Å². The Kier molecular flexibility index (Phi) is 6.40. The zero-order valence-electron chi connectivity index (χ0n) is 18.6. The van der Waals surface area contributed by atoms with Gasteiger partial charge in [-0.2, -0.15) is 0 Å². The molecular weight excluding hydrogens is 451 g/mol. The van der Waals surface area contributed by atoms with Crippen LogP contribution in [0.2, 0.25) is 0 Å². The number of thiophene rings is 1. The van der Waals surface area contributed by atoms with Crippen molar-refractivity contribution in [3.63, 3.8) is 0 Å². The van der Waals surface area contributed by atoms with Gasteiger partial charge in [-0.05, 0) is 47.5 Å². The first-order valence-corrected chi connectivity index (χ1v) is 12.3. The van der Waals surface area contributed by atoms with E-state index in [4.69, 9.17) is 4.98 Å². The predicted molar refractivity (Wildman–Crippen MR) is 133 cm³/mol. The maximum atomic E-state index is 13.4. The van der Waals surface area contributed by atoms with Gasteiger partial charge < -0.3 is 10.2 Å². The number of fused-ring (bicyclic) bond motifs is 1. The number of carbonyl (C=O) groups excluding carboxylic acids is 1. The molecule has 1 fully saturated rings. The first kappa shape index (κ1) is 22.3. The Hall–Kier alpha value is -3.52. The van der Waals surface area contributed by atoms with E-state index in [9.17, 15) is 14.0 Å². The van der Waals surface area contributed by atoms with Crippen LogP contribution >= 0.6 is 11.3 Å². The van der Waals surface area contributed by atoms with E-state index in [2.05, 4.69) is 5.32 Å². The van der Waals surface area contributed by atoms with Gasteiger partial charge in [-0.3, -0.25) is 14.2 Å². The van der Waals surface area contributed by atoms with Crippen LogP contribution in [0.25, 0.3) is 10.2 Å². The second-order valence-corrected chi connectivity index (χ2v) is 9.47. The Morgan fingerprint density at radius 1 is 1.09 bits per heavy atom. The molecule has 34 heavy (non-hydrogen) atoms. The highest BCUT2D eigenvalue weighted by Crippen LogP contribution is 2.25. The van der Waals surface area contributed by atoms with Gasteiger partial charge in [0.25, 0.3) is 5.56 Å². The summed E-state index contributed by atoms with van der Waals surface area (Å²) in [7, 11) is 0. The van der Waals surface area contributed by atoms with Crippen LogP contribution in [0.4, 0.5) is 10.3 Å². The molecule has 2 aromatic heterocycles. The van der Waals surface area contributed by atoms with Gasteiger partial charge in [0.2, 0.25) is 11.9 Å². The van der Waals surface area contributed by atoms with Crippen molar-refractivity contribution < 1.29 is 9.18 Å². The fourth-order valence-electron chi connectivity index (χ4n) is 4.39. The van der Waals surface area contributed by atoms with Crippen molar-refractivity contribution in [1.29, 1.82) is 0 Å². The number of benzene rings is 2. The zero-order valence-corrected chi connectivity index (χ0v) is 19.4. The number of nitrogens with one attached hydrogen (secondary N) is 1. The number of amides is 1. The largest absolute Gasteiger partial charge is 0.352 e. The molecule has 1 atom stereocenters. The molecule has 4 aromatic rings. The number of rotatable bonds is 6. The number of piperidine rings is 1. The number of carbonyl (C=O) groups is 1. The lowest BCUT2D eigenvalue weighted by Crippen LogP contribution is -2.45. The molecule has 3 heterocycles. The quantitative estimate of drug-likeness (QED) is 0.453. The van der Waals surface area contributed by atoms with E-state index < -0.39 is 0 Å². The van der Waals surface area contributed by atoms with Gasteiger partial charge in [-0.1, -0.05) is 42.5 Å². The normalized spacial score (nSPS) is 16.0. The molecule has 6 nitrogen and oxygen atoms in total. The third-order valence-corrected chi connectivity index (χ3v) is 7.08. The molecule has 0 bridgehead atoms. The molecule has 1 saturated heterocycles. The molecule has 1 amide bonds. The number of hydrogen-bond acceptors (Lipinski definition) is 5. The number of nitrogens with zero attached hydrogens (tertiary/aromatic N) is 3. The van der Waals surface area contributed by atoms with Gasteiger partial charge in [0.15, 0.2) is 0 Å². The zero-order chi connectivity index (χ0) is 23.5. The van der Waals surface area contributed by atoms with Gasteiger partial charge in [0, 0.05) is 19.6 Å². The number of hydrogen-bond donors (Lipinski definition) is 1. The van der Waals surface area contributed by atoms with E-state index in [1.165, 1.54) is 23.5 Å². The summed E-state index contributed by atoms with van der Waals surface area (Å²) in [5.41, 5.74) is 2.42. The summed E-state index contributed by atoms with van der Waals surface area (Å²) in [6.07, 6.45) is 1.62. The minimum Gasteiger partial charge on any atom is -0.352 e. The summed E-state index contributed by atoms with van der Waals surface area (Å²) >= 11 is 1.37. The lowest BCUT2D eigenvalue weighted by molar-refractivity contribution is -0.125. The Morgan fingerprint density at radius 2 is 1.88 bits per heavy atom. The van der Waals surface area contributed by atoms with Crippen LogP contribution in [0.3, 0.4) is 0 Å². The molecule has 8 heteroatoms. The average molecular weight is 477 g/mol. The summed E-state index contributed by atoms with van der Waals surface area (Å²) in [5, 5.41) is 4.91. The molecule has 1 aliphatic rings. The fourth-order valence-corrected chi connectivity index (χ4v) is 5.17. The van der Waals surface area contributed by atoms with Crippen molar-refractivity contribution in [3.8, 4) is 0 Å². The van der Waals surface area contributed by atoms with Crippen molar-refractivity contribution in [3.05, 3.63) is 93.3 Å². The van der Waals surface area contributed by atoms with E-state index in [1.807, 2.05) is 46.7 Å². The second kappa shape index (κ2) is 9.77. The SMILES string of the molecule is O=C(NCc1ccccc1)[C@@H]1CCCN(c2nc3ccsc3c(=O)n2Cc2ccc(F)cc2)C1. The van der Waals surface area contributed by atoms with Crippen LogP contribution in [0.1, 0.15) is 24.0 Å². The molecule has 174 valence electrons. The second-order valence-electron chi connectivity index (χ2n) is 8.55. The highest BCUT2D eigenvalue weighted by molar-refractivity contribution is 7.17. The smallest absolute Gasteiger partial charge is 0.273 e. The average Bonchev–Trinajstić information content (AvgIpc) is 3.35. The summed E-state index contributed by atoms with van der Waals surface area (Å²) in [6.45, 7) is 1.99. The molecule has 0 spiro atoms. The number of anilines is 1. The molecule has 0 radical (unpaired) electrons. The molecule has 0 saturated carbocycles. The first-order valence-electron chi connectivity index (χ1n) is 11.4. The van der Waals surface area contributed by atoms with E-state index in [1.54, 1.807) is 16.7 Å². The van der Waals surface area contributed by atoms with Gasteiger partial charge in [-0.25, -0.2) is 9.37 Å². The Morgan fingerprint density at radius 3 is 2.68 bits per heavy atom. The summed E-state index contributed by atoms with van der Waals surface area (Å²) in [5.74, 6) is 0.0636. The lowest BCUT2D eigenvalue weighted by atomic mass is 9.97. The number of halogens is 1.